The lowest BCUT2D eigenvalue weighted by Crippen LogP contribution is -2.41. The number of nitrogens with zero attached hydrogens (tertiary/aromatic N) is 1. The van der Waals surface area contributed by atoms with Crippen LogP contribution < -0.4 is 10.6 Å². The molecule has 0 bridgehead atoms. The molecule has 0 fully saturated rings. The topological polar surface area (TPSA) is 64.6 Å². The average molecular weight is 430 g/mol. The fraction of sp³-hybridized carbons (Fsp3) is 0.296. The third kappa shape index (κ3) is 5.36. The molecule has 0 atom stereocenters. The number of para-hydroxylation sites is 1. The lowest BCUT2D eigenvalue weighted by Gasteiger charge is -2.34. The normalized spacial score (nSPS) is 14.0. The van der Waals surface area contributed by atoms with Crippen molar-refractivity contribution in [1.82, 2.24) is 4.90 Å². The van der Waals surface area contributed by atoms with Crippen molar-refractivity contribution in [3.05, 3.63) is 89.0 Å². The molecule has 0 aromatic heterocycles. The summed E-state index contributed by atoms with van der Waals surface area (Å²) in [6.45, 7) is 8.04. The van der Waals surface area contributed by atoms with Crippen LogP contribution >= 0.6 is 0 Å². The van der Waals surface area contributed by atoms with Crippen LogP contribution in [0.15, 0.2) is 66.7 Å². The van der Waals surface area contributed by atoms with E-state index in [0.717, 1.165) is 42.1 Å². The summed E-state index contributed by atoms with van der Waals surface area (Å²) in [6.07, 6.45) is 0.918. The molecule has 0 spiro atoms. The molecule has 0 aliphatic carbocycles. The highest BCUT2D eigenvalue weighted by molar-refractivity contribution is 6.05. The Morgan fingerprint density at radius 3 is 2.56 bits per heavy atom. The number of hydrogen-bond acceptors (Lipinski definition) is 4. The van der Waals surface area contributed by atoms with Crippen LogP contribution in [0.5, 0.6) is 0 Å². The SMILES string of the molecule is Cc1ccc(Nc2cccc3c2CCN(CC(C)(C)O)C3)cc1C(=O)Nc1ccccc1. The molecule has 1 aliphatic rings. The Morgan fingerprint density at radius 1 is 1.03 bits per heavy atom. The standard InChI is InChI=1S/C27H31N3O2/c1-19-12-13-22(16-24(19)26(31)29-21-9-5-4-6-10-21)28-25-11-7-8-20-17-30(15-14-23(20)25)18-27(2,3)32/h4-13,16,28,32H,14-15,17-18H2,1-3H3,(H,29,31). The van der Waals surface area contributed by atoms with Crippen LogP contribution in [0.3, 0.4) is 0 Å². The maximum atomic E-state index is 12.9. The number of anilines is 3. The fourth-order valence-electron chi connectivity index (χ4n) is 4.29. The van der Waals surface area contributed by atoms with Crippen LogP contribution in [0.25, 0.3) is 0 Å². The van der Waals surface area contributed by atoms with Crippen molar-refractivity contribution in [3.8, 4) is 0 Å². The molecule has 32 heavy (non-hydrogen) atoms. The minimum absolute atomic E-state index is 0.116. The largest absolute Gasteiger partial charge is 0.389 e. The first-order valence-electron chi connectivity index (χ1n) is 11.1. The summed E-state index contributed by atoms with van der Waals surface area (Å²) >= 11 is 0. The van der Waals surface area contributed by atoms with Crippen LogP contribution in [-0.2, 0) is 13.0 Å². The van der Waals surface area contributed by atoms with Gasteiger partial charge in [0.25, 0.3) is 5.91 Å². The Balaban J connectivity index is 1.52. The van der Waals surface area contributed by atoms with Gasteiger partial charge in [-0.25, -0.2) is 0 Å². The van der Waals surface area contributed by atoms with Crippen LogP contribution in [0.2, 0.25) is 0 Å². The second kappa shape index (κ2) is 9.15. The van der Waals surface area contributed by atoms with Crippen molar-refractivity contribution in [2.45, 2.75) is 39.3 Å². The fourth-order valence-corrected chi connectivity index (χ4v) is 4.29. The summed E-state index contributed by atoms with van der Waals surface area (Å²) < 4.78 is 0. The number of amides is 1. The minimum atomic E-state index is -0.702. The van der Waals surface area contributed by atoms with Gasteiger partial charge in [-0.1, -0.05) is 36.4 Å². The van der Waals surface area contributed by atoms with Gasteiger partial charge < -0.3 is 15.7 Å². The number of carbonyl (C=O) groups excluding carboxylic acids is 1. The predicted octanol–water partition coefficient (Wildman–Crippen LogP) is 5.12. The first kappa shape index (κ1) is 22.1. The van der Waals surface area contributed by atoms with Crippen molar-refractivity contribution >= 4 is 23.0 Å². The molecular formula is C27H31N3O2. The number of nitrogens with one attached hydrogen (secondary N) is 2. The van der Waals surface area contributed by atoms with Crippen LogP contribution in [-0.4, -0.2) is 34.6 Å². The van der Waals surface area contributed by atoms with Gasteiger partial charge >= 0.3 is 0 Å². The van der Waals surface area contributed by atoms with Gasteiger partial charge in [0.05, 0.1) is 5.60 Å². The van der Waals surface area contributed by atoms with Gasteiger partial charge in [0, 0.05) is 42.3 Å². The molecule has 3 aromatic carbocycles. The van der Waals surface area contributed by atoms with E-state index in [1.165, 1.54) is 11.1 Å². The van der Waals surface area contributed by atoms with Gasteiger partial charge in [-0.2, -0.15) is 0 Å². The third-order valence-corrected chi connectivity index (χ3v) is 5.75. The first-order chi connectivity index (χ1) is 15.3. The predicted molar refractivity (Wildman–Crippen MR) is 131 cm³/mol. The molecule has 1 amide bonds. The number of hydrogen-bond donors (Lipinski definition) is 3. The molecule has 5 nitrogen and oxygen atoms in total. The third-order valence-electron chi connectivity index (χ3n) is 5.75. The molecule has 5 heteroatoms. The Labute approximate surface area is 190 Å². The number of benzene rings is 3. The lowest BCUT2D eigenvalue weighted by molar-refractivity contribution is 0.0318. The van der Waals surface area contributed by atoms with E-state index in [1.807, 2.05) is 69.3 Å². The van der Waals surface area contributed by atoms with E-state index in [9.17, 15) is 9.90 Å². The van der Waals surface area contributed by atoms with Crippen molar-refractivity contribution in [1.29, 1.82) is 0 Å². The Morgan fingerprint density at radius 2 is 1.81 bits per heavy atom. The zero-order chi connectivity index (χ0) is 22.7. The Bertz CT molecular complexity index is 1100. The molecule has 3 aromatic rings. The molecule has 166 valence electrons. The number of aryl methyl sites for hydroxylation is 1. The van der Waals surface area contributed by atoms with Gasteiger partial charge in [0.15, 0.2) is 0 Å². The number of carbonyl (C=O) groups is 1. The van der Waals surface area contributed by atoms with E-state index in [0.29, 0.717) is 12.1 Å². The van der Waals surface area contributed by atoms with E-state index in [2.05, 4.69) is 33.7 Å². The first-order valence-corrected chi connectivity index (χ1v) is 11.1. The second-order valence-corrected chi connectivity index (χ2v) is 9.19. The van der Waals surface area contributed by atoms with Gasteiger partial charge in [0.1, 0.15) is 0 Å². The maximum absolute atomic E-state index is 12.9. The van der Waals surface area contributed by atoms with E-state index in [4.69, 9.17) is 0 Å². The highest BCUT2D eigenvalue weighted by atomic mass is 16.3. The number of aliphatic hydroxyl groups is 1. The van der Waals surface area contributed by atoms with Crippen LogP contribution in [0, 0.1) is 6.92 Å². The molecule has 0 saturated carbocycles. The maximum Gasteiger partial charge on any atom is 0.256 e. The number of β-amino-alcohol motifs (C(OH)–C–C–N with tert-alkyl or cyclic N) is 1. The Kier molecular flexibility index (Phi) is 6.31. The zero-order valence-corrected chi connectivity index (χ0v) is 19.0. The van der Waals surface area contributed by atoms with Crippen molar-refractivity contribution in [3.63, 3.8) is 0 Å². The molecule has 0 saturated heterocycles. The van der Waals surface area contributed by atoms with Gasteiger partial charge in [-0.05, 0) is 74.2 Å². The summed E-state index contributed by atoms with van der Waals surface area (Å²) in [4.78, 5) is 15.2. The summed E-state index contributed by atoms with van der Waals surface area (Å²) in [6, 6.07) is 21.7. The molecular weight excluding hydrogens is 398 g/mol. The van der Waals surface area contributed by atoms with Crippen LogP contribution in [0.4, 0.5) is 17.1 Å². The summed E-state index contributed by atoms with van der Waals surface area (Å²) in [5.41, 5.74) is 6.20. The average Bonchev–Trinajstić information content (AvgIpc) is 2.74. The van der Waals surface area contributed by atoms with Gasteiger partial charge in [-0.3, -0.25) is 9.69 Å². The van der Waals surface area contributed by atoms with E-state index in [-0.39, 0.29) is 5.91 Å². The monoisotopic (exact) mass is 429 g/mol. The molecule has 1 aliphatic heterocycles. The molecule has 4 rings (SSSR count). The van der Waals surface area contributed by atoms with Crippen molar-refractivity contribution in [2.75, 3.05) is 23.7 Å². The number of rotatable bonds is 6. The smallest absolute Gasteiger partial charge is 0.256 e. The highest BCUT2D eigenvalue weighted by Gasteiger charge is 2.24. The second-order valence-electron chi connectivity index (χ2n) is 9.19. The van der Waals surface area contributed by atoms with Crippen molar-refractivity contribution < 1.29 is 9.90 Å². The Hall–Kier alpha value is -3.15. The molecule has 0 unspecified atom stereocenters. The zero-order valence-electron chi connectivity index (χ0n) is 19.0. The van der Waals surface area contributed by atoms with Gasteiger partial charge in [-0.15, -0.1) is 0 Å². The van der Waals surface area contributed by atoms with Gasteiger partial charge in [0.2, 0.25) is 0 Å². The quantitative estimate of drug-likeness (QED) is 0.509. The van der Waals surface area contributed by atoms with E-state index < -0.39 is 5.60 Å². The highest BCUT2D eigenvalue weighted by Crippen LogP contribution is 2.30. The van der Waals surface area contributed by atoms with Crippen LogP contribution in [0.1, 0.15) is 40.9 Å². The minimum Gasteiger partial charge on any atom is -0.389 e. The molecule has 1 heterocycles. The summed E-state index contributed by atoms with van der Waals surface area (Å²) in [5.74, 6) is -0.116. The van der Waals surface area contributed by atoms with Crippen molar-refractivity contribution in [2.24, 2.45) is 0 Å². The van der Waals surface area contributed by atoms with E-state index in [1.54, 1.807) is 0 Å². The number of fused-ring (bicyclic) bond motifs is 1. The van der Waals surface area contributed by atoms with E-state index >= 15 is 0 Å². The lowest BCUT2D eigenvalue weighted by atomic mass is 9.96. The summed E-state index contributed by atoms with van der Waals surface area (Å²) in [7, 11) is 0. The summed E-state index contributed by atoms with van der Waals surface area (Å²) in [5, 5.41) is 16.7. The molecule has 3 N–H and O–H groups in total. The molecule has 0 radical (unpaired) electrons.